The summed E-state index contributed by atoms with van der Waals surface area (Å²) in [4.78, 5) is 20.4. The molecule has 12 heteroatoms. The van der Waals surface area contributed by atoms with Gasteiger partial charge in [-0.25, -0.2) is 9.89 Å². The Balaban J connectivity index is 1.54. The van der Waals surface area contributed by atoms with Crippen LogP contribution in [0.3, 0.4) is 0 Å². The van der Waals surface area contributed by atoms with Crippen LogP contribution in [0, 0.1) is 0 Å². The number of hydrogen-bond donors (Lipinski definition) is 3. The Bertz CT molecular complexity index is 873. The Morgan fingerprint density at radius 2 is 2.06 bits per heavy atom. The number of carbonyl (C=O) groups is 1. The molecule has 0 bridgehead atoms. The van der Waals surface area contributed by atoms with E-state index in [1.807, 2.05) is 20.8 Å². The highest BCUT2D eigenvalue weighted by Crippen LogP contribution is 2.24. The van der Waals surface area contributed by atoms with Crippen LogP contribution in [0.4, 0.5) is 25.2 Å². The van der Waals surface area contributed by atoms with Crippen molar-refractivity contribution in [2.75, 3.05) is 5.32 Å². The summed E-state index contributed by atoms with van der Waals surface area (Å²) in [6, 6.07) is 1.22. The fourth-order valence-electron chi connectivity index (χ4n) is 3.15. The molecule has 0 aromatic carbocycles. The molecule has 0 saturated heterocycles. The standard InChI is InChI=1S/C19H26F2N6O4/c1-19(2,3)31-18(28)23-11-5-4-6-12(7-11)29-16-10-22-9-14(25-16)24-13-8-15(27-26-13)30-17(20)21/h8-12,17H,4-7H2,1-3H3,(H,23,28)(H2,24,25,26,27)/t11-,12+/m0/s1. The molecule has 1 aliphatic rings. The van der Waals surface area contributed by atoms with E-state index in [1.54, 1.807) is 0 Å². The number of nitrogens with zero attached hydrogens (tertiary/aromatic N) is 3. The molecule has 1 aliphatic carbocycles. The van der Waals surface area contributed by atoms with Crippen LogP contribution < -0.4 is 20.1 Å². The second-order valence-electron chi connectivity index (χ2n) is 8.11. The number of rotatable bonds is 7. The SMILES string of the molecule is CC(C)(C)OC(=O)N[C@H]1CCC[C@@H](Oc2cncc(Nc3cc(OC(F)F)[nH]n3)n2)C1. The molecule has 1 saturated carbocycles. The Morgan fingerprint density at radius 1 is 1.26 bits per heavy atom. The maximum atomic E-state index is 12.2. The monoisotopic (exact) mass is 440 g/mol. The van der Waals surface area contributed by atoms with Crippen molar-refractivity contribution in [3.63, 3.8) is 0 Å². The molecular formula is C19H26F2N6O4. The van der Waals surface area contributed by atoms with Crippen LogP contribution in [-0.4, -0.2) is 50.6 Å². The molecule has 0 unspecified atom stereocenters. The van der Waals surface area contributed by atoms with E-state index < -0.39 is 18.3 Å². The van der Waals surface area contributed by atoms with Gasteiger partial charge in [-0.1, -0.05) is 0 Å². The molecule has 2 atom stereocenters. The summed E-state index contributed by atoms with van der Waals surface area (Å²) in [5.41, 5.74) is -0.557. The van der Waals surface area contributed by atoms with Gasteiger partial charge in [-0.2, -0.15) is 18.9 Å². The maximum absolute atomic E-state index is 12.2. The van der Waals surface area contributed by atoms with E-state index in [-0.39, 0.29) is 23.8 Å². The van der Waals surface area contributed by atoms with E-state index in [2.05, 4.69) is 35.5 Å². The van der Waals surface area contributed by atoms with E-state index in [0.717, 1.165) is 19.3 Å². The zero-order valence-electron chi connectivity index (χ0n) is 17.5. The number of aromatic nitrogens is 4. The first kappa shape index (κ1) is 22.5. The number of amides is 1. The van der Waals surface area contributed by atoms with Gasteiger partial charge >= 0.3 is 12.7 Å². The van der Waals surface area contributed by atoms with Crippen LogP contribution in [0.15, 0.2) is 18.5 Å². The number of H-pyrrole nitrogens is 1. The number of ether oxygens (including phenoxy) is 3. The van der Waals surface area contributed by atoms with Crippen LogP contribution >= 0.6 is 0 Å². The molecule has 3 rings (SSSR count). The third-order valence-corrected chi connectivity index (χ3v) is 4.27. The lowest BCUT2D eigenvalue weighted by molar-refractivity contribution is -0.0528. The Labute approximate surface area is 178 Å². The number of aromatic amines is 1. The maximum Gasteiger partial charge on any atom is 0.407 e. The number of alkyl carbamates (subject to hydrolysis) is 1. The fraction of sp³-hybridized carbons (Fsp3) is 0.579. The molecule has 31 heavy (non-hydrogen) atoms. The predicted molar refractivity (Wildman–Crippen MR) is 107 cm³/mol. The summed E-state index contributed by atoms with van der Waals surface area (Å²) in [5, 5.41) is 11.9. The average Bonchev–Trinajstić information content (AvgIpc) is 3.06. The van der Waals surface area contributed by atoms with Crippen LogP contribution in [-0.2, 0) is 4.74 Å². The Hall–Kier alpha value is -3.18. The minimum atomic E-state index is -2.95. The number of halogens is 2. The molecule has 2 aromatic rings. The zero-order chi connectivity index (χ0) is 22.4. The van der Waals surface area contributed by atoms with Crippen LogP contribution in [0.5, 0.6) is 11.8 Å². The van der Waals surface area contributed by atoms with Gasteiger partial charge in [0.25, 0.3) is 0 Å². The molecular weight excluding hydrogens is 414 g/mol. The van der Waals surface area contributed by atoms with E-state index in [9.17, 15) is 13.6 Å². The number of anilines is 2. The molecule has 2 aromatic heterocycles. The number of nitrogens with one attached hydrogen (secondary N) is 3. The highest BCUT2D eigenvalue weighted by atomic mass is 19.3. The molecule has 0 spiro atoms. The van der Waals surface area contributed by atoms with Crippen molar-refractivity contribution in [1.82, 2.24) is 25.5 Å². The quantitative estimate of drug-likeness (QED) is 0.595. The minimum absolute atomic E-state index is 0.0554. The second-order valence-corrected chi connectivity index (χ2v) is 8.11. The molecule has 10 nitrogen and oxygen atoms in total. The number of alkyl halides is 2. The average molecular weight is 440 g/mol. The van der Waals surface area contributed by atoms with Gasteiger partial charge in [0.05, 0.1) is 12.4 Å². The Morgan fingerprint density at radius 3 is 2.81 bits per heavy atom. The predicted octanol–water partition coefficient (Wildman–Crippen LogP) is 3.76. The lowest BCUT2D eigenvalue weighted by Crippen LogP contribution is -2.43. The fourth-order valence-corrected chi connectivity index (χ4v) is 3.15. The zero-order valence-corrected chi connectivity index (χ0v) is 17.5. The van der Waals surface area contributed by atoms with Crippen LogP contribution in [0.25, 0.3) is 0 Å². The topological polar surface area (TPSA) is 123 Å². The van der Waals surface area contributed by atoms with Gasteiger partial charge in [0.2, 0.25) is 11.8 Å². The van der Waals surface area contributed by atoms with E-state index in [4.69, 9.17) is 9.47 Å². The van der Waals surface area contributed by atoms with Gasteiger partial charge in [-0.05, 0) is 40.0 Å². The van der Waals surface area contributed by atoms with E-state index >= 15 is 0 Å². The van der Waals surface area contributed by atoms with Crippen molar-refractivity contribution in [2.45, 2.75) is 70.8 Å². The molecule has 2 heterocycles. The third-order valence-electron chi connectivity index (χ3n) is 4.27. The van der Waals surface area contributed by atoms with Gasteiger partial charge < -0.3 is 24.8 Å². The first-order valence-corrected chi connectivity index (χ1v) is 9.92. The summed E-state index contributed by atoms with van der Waals surface area (Å²) in [6.45, 7) is 2.49. The largest absolute Gasteiger partial charge is 0.473 e. The summed E-state index contributed by atoms with van der Waals surface area (Å²) in [6.07, 6.45) is 5.50. The van der Waals surface area contributed by atoms with Gasteiger partial charge in [-0.3, -0.25) is 4.98 Å². The van der Waals surface area contributed by atoms with Gasteiger partial charge in [-0.15, -0.1) is 0 Å². The molecule has 3 N–H and O–H groups in total. The summed E-state index contributed by atoms with van der Waals surface area (Å²) in [5.74, 6) is 0.685. The third kappa shape index (κ3) is 7.54. The lowest BCUT2D eigenvalue weighted by Gasteiger charge is -2.30. The molecule has 1 amide bonds. The van der Waals surface area contributed by atoms with Gasteiger partial charge in [0.1, 0.15) is 11.7 Å². The summed E-state index contributed by atoms with van der Waals surface area (Å²) in [7, 11) is 0. The Kier molecular flexibility index (Phi) is 7.08. The van der Waals surface area contributed by atoms with Crippen LogP contribution in [0.1, 0.15) is 46.5 Å². The van der Waals surface area contributed by atoms with Crippen LogP contribution in [0.2, 0.25) is 0 Å². The highest BCUT2D eigenvalue weighted by Gasteiger charge is 2.27. The number of hydrogen-bond acceptors (Lipinski definition) is 8. The normalized spacial score (nSPS) is 19.0. The molecule has 0 aliphatic heterocycles. The summed E-state index contributed by atoms with van der Waals surface area (Å²) < 4.78 is 40.0. The van der Waals surface area contributed by atoms with Crippen molar-refractivity contribution in [1.29, 1.82) is 0 Å². The highest BCUT2D eigenvalue weighted by molar-refractivity contribution is 5.68. The first-order valence-electron chi connectivity index (χ1n) is 9.92. The molecule has 1 fully saturated rings. The smallest absolute Gasteiger partial charge is 0.407 e. The molecule has 170 valence electrons. The molecule has 0 radical (unpaired) electrons. The van der Waals surface area contributed by atoms with Crippen molar-refractivity contribution in [2.24, 2.45) is 0 Å². The minimum Gasteiger partial charge on any atom is -0.473 e. The second kappa shape index (κ2) is 9.75. The van der Waals surface area contributed by atoms with Crippen molar-refractivity contribution in [3.05, 3.63) is 18.5 Å². The van der Waals surface area contributed by atoms with Crippen molar-refractivity contribution in [3.8, 4) is 11.8 Å². The van der Waals surface area contributed by atoms with Gasteiger partial charge in [0.15, 0.2) is 11.6 Å². The van der Waals surface area contributed by atoms with Gasteiger partial charge in [0, 0.05) is 18.5 Å². The van der Waals surface area contributed by atoms with E-state index in [1.165, 1.54) is 18.5 Å². The summed E-state index contributed by atoms with van der Waals surface area (Å²) >= 11 is 0. The van der Waals surface area contributed by atoms with Crippen molar-refractivity contribution >= 4 is 17.7 Å². The first-order chi connectivity index (χ1) is 14.7. The van der Waals surface area contributed by atoms with E-state index in [0.29, 0.717) is 18.1 Å². The lowest BCUT2D eigenvalue weighted by atomic mass is 9.93. The number of carbonyl (C=O) groups excluding carboxylic acids is 1. The van der Waals surface area contributed by atoms with Crippen molar-refractivity contribution < 1.29 is 27.8 Å².